The van der Waals surface area contributed by atoms with Crippen molar-refractivity contribution < 1.29 is 17.6 Å². The largest absolute Gasteiger partial charge is 0.351 e. The Morgan fingerprint density at radius 1 is 1.21 bits per heavy atom. The van der Waals surface area contributed by atoms with Gasteiger partial charge < -0.3 is 10.6 Å². The molecule has 33 heavy (non-hydrogen) atoms. The molecule has 2 aliphatic heterocycles. The molecule has 2 aliphatic rings. The van der Waals surface area contributed by atoms with Gasteiger partial charge in [0.1, 0.15) is 11.6 Å². The van der Waals surface area contributed by atoms with Crippen LogP contribution in [0.2, 0.25) is 0 Å². The molecule has 3 N–H and O–H groups in total. The number of hydrogen-bond donors (Lipinski definition) is 2. The summed E-state index contributed by atoms with van der Waals surface area (Å²) in [5, 5.41) is 0. The van der Waals surface area contributed by atoms with Gasteiger partial charge in [0.25, 0.3) is 5.91 Å². The lowest BCUT2D eigenvalue weighted by Gasteiger charge is -2.34. The van der Waals surface area contributed by atoms with Gasteiger partial charge in [-0.2, -0.15) is 12.7 Å². The third-order valence-corrected chi connectivity index (χ3v) is 7.80. The lowest BCUT2D eigenvalue weighted by molar-refractivity contribution is 0.0979. The average molecular weight is 476 g/mol. The summed E-state index contributed by atoms with van der Waals surface area (Å²) in [6.45, 7) is 7.29. The zero-order valence-electron chi connectivity index (χ0n) is 19.1. The number of nitrogens with zero attached hydrogens (tertiary/aromatic N) is 3. The highest BCUT2D eigenvalue weighted by Gasteiger charge is 2.40. The molecule has 0 radical (unpaired) electrons. The van der Waals surface area contributed by atoms with Crippen LogP contribution in [0.15, 0.2) is 36.4 Å². The van der Waals surface area contributed by atoms with Crippen LogP contribution in [0.25, 0.3) is 11.3 Å². The Morgan fingerprint density at radius 2 is 1.94 bits per heavy atom. The van der Waals surface area contributed by atoms with Gasteiger partial charge in [-0.1, -0.05) is 19.1 Å². The minimum Gasteiger partial charge on any atom is -0.351 e. The second-order valence-corrected chi connectivity index (χ2v) is 11.3. The maximum atomic E-state index is 14.5. The van der Waals surface area contributed by atoms with E-state index in [1.54, 1.807) is 24.3 Å². The van der Waals surface area contributed by atoms with Crippen molar-refractivity contribution in [2.75, 3.05) is 24.5 Å². The van der Waals surface area contributed by atoms with E-state index in [2.05, 4.69) is 30.5 Å². The topological polar surface area (TPSA) is 109 Å². The van der Waals surface area contributed by atoms with Gasteiger partial charge in [0, 0.05) is 36.8 Å². The molecule has 1 aromatic heterocycles. The molecule has 2 aromatic rings. The van der Waals surface area contributed by atoms with Crippen LogP contribution in [-0.4, -0.2) is 54.8 Å². The monoisotopic (exact) mass is 475 g/mol. The van der Waals surface area contributed by atoms with Crippen molar-refractivity contribution in [2.24, 2.45) is 11.7 Å². The van der Waals surface area contributed by atoms with Crippen molar-refractivity contribution in [2.45, 2.75) is 45.2 Å². The van der Waals surface area contributed by atoms with Gasteiger partial charge in [-0.05, 0) is 56.9 Å². The van der Waals surface area contributed by atoms with Crippen molar-refractivity contribution in [3.05, 3.63) is 47.8 Å². The van der Waals surface area contributed by atoms with E-state index in [9.17, 15) is 17.6 Å². The van der Waals surface area contributed by atoms with Crippen LogP contribution < -0.4 is 15.4 Å². The quantitative estimate of drug-likeness (QED) is 0.688. The molecule has 0 bridgehead atoms. The molecular formula is C23H30FN5O3S. The predicted molar refractivity (Wildman–Crippen MR) is 125 cm³/mol. The number of halogens is 1. The summed E-state index contributed by atoms with van der Waals surface area (Å²) in [7, 11) is -4.04. The fourth-order valence-electron chi connectivity index (χ4n) is 4.82. The van der Waals surface area contributed by atoms with Gasteiger partial charge >= 0.3 is 10.2 Å². The van der Waals surface area contributed by atoms with Crippen molar-refractivity contribution >= 4 is 21.9 Å². The zero-order chi connectivity index (χ0) is 24.0. The molecule has 1 aromatic carbocycles. The van der Waals surface area contributed by atoms with Crippen LogP contribution in [0.1, 0.15) is 44.0 Å². The molecule has 2 fully saturated rings. The van der Waals surface area contributed by atoms with Crippen molar-refractivity contribution in [1.29, 1.82) is 0 Å². The maximum absolute atomic E-state index is 14.5. The Kier molecular flexibility index (Phi) is 6.19. The van der Waals surface area contributed by atoms with E-state index in [1.165, 1.54) is 16.4 Å². The number of anilines is 1. The molecule has 0 spiro atoms. The Balaban J connectivity index is 1.74. The standard InChI is InChI=1S/C23H30FN5O3S/c1-15-12-23(2,3)29(13-15)21-18(8-9-20(26-21)17-6-4-5-7-19(17)24)22(30)27-33(31,32)28-11-10-16(25)14-28/h4-9,15-16H,10-14,25H2,1-3H3,(H,27,30)/t15-,16-/m0/s1. The Hall–Kier alpha value is -2.56. The van der Waals surface area contributed by atoms with E-state index >= 15 is 0 Å². The van der Waals surface area contributed by atoms with Crippen LogP contribution in [0.5, 0.6) is 0 Å². The minimum atomic E-state index is -4.04. The van der Waals surface area contributed by atoms with Crippen LogP contribution in [-0.2, 0) is 10.2 Å². The van der Waals surface area contributed by atoms with Crippen molar-refractivity contribution in [3.8, 4) is 11.3 Å². The van der Waals surface area contributed by atoms with E-state index in [0.29, 0.717) is 36.0 Å². The van der Waals surface area contributed by atoms with Crippen molar-refractivity contribution in [1.82, 2.24) is 14.0 Å². The second-order valence-electron chi connectivity index (χ2n) is 9.62. The maximum Gasteiger partial charge on any atom is 0.304 e. The Morgan fingerprint density at radius 3 is 2.55 bits per heavy atom. The number of pyridine rings is 1. The number of rotatable bonds is 5. The molecule has 8 nitrogen and oxygen atoms in total. The van der Waals surface area contributed by atoms with Gasteiger partial charge in [0.15, 0.2) is 0 Å². The van der Waals surface area contributed by atoms with E-state index < -0.39 is 21.9 Å². The third-order valence-electron chi connectivity index (χ3n) is 6.35. The lowest BCUT2D eigenvalue weighted by atomic mass is 9.97. The smallest absolute Gasteiger partial charge is 0.304 e. The first-order chi connectivity index (χ1) is 15.5. The predicted octanol–water partition coefficient (Wildman–Crippen LogP) is 2.52. The summed E-state index contributed by atoms with van der Waals surface area (Å²) in [6, 6.07) is 9.11. The fraction of sp³-hybridized carbons (Fsp3) is 0.478. The second kappa shape index (κ2) is 8.66. The molecule has 4 rings (SSSR count). The molecule has 0 unspecified atom stereocenters. The van der Waals surface area contributed by atoms with Crippen LogP contribution in [0, 0.1) is 11.7 Å². The first kappa shape index (κ1) is 23.6. The highest BCUT2D eigenvalue weighted by atomic mass is 32.2. The van der Waals surface area contributed by atoms with Crippen LogP contribution in [0.3, 0.4) is 0 Å². The molecule has 0 aliphatic carbocycles. The first-order valence-corrected chi connectivity index (χ1v) is 12.5. The summed E-state index contributed by atoms with van der Waals surface area (Å²) in [4.78, 5) is 19.9. The van der Waals surface area contributed by atoms with E-state index in [1.807, 2.05) is 4.90 Å². The molecule has 2 atom stereocenters. The van der Waals surface area contributed by atoms with E-state index in [4.69, 9.17) is 5.73 Å². The number of aromatic nitrogens is 1. The van der Waals surface area contributed by atoms with Gasteiger partial charge in [0.2, 0.25) is 0 Å². The van der Waals surface area contributed by atoms with Gasteiger partial charge in [-0.15, -0.1) is 0 Å². The summed E-state index contributed by atoms with van der Waals surface area (Å²) in [5.74, 6) is -0.496. The lowest BCUT2D eigenvalue weighted by Crippen LogP contribution is -2.44. The number of benzene rings is 1. The molecule has 2 saturated heterocycles. The number of carbonyl (C=O) groups excluding carboxylic acids is 1. The Labute approximate surface area is 194 Å². The fourth-order valence-corrected chi connectivity index (χ4v) is 6.03. The Bertz CT molecular complexity index is 1170. The SMILES string of the molecule is C[C@@H]1CN(c2nc(-c3ccccc3F)ccc2C(=O)NS(=O)(=O)N2CC[C@H](N)C2)C(C)(C)C1. The van der Waals surface area contributed by atoms with Gasteiger partial charge in [-0.25, -0.2) is 14.1 Å². The molecule has 1 amide bonds. The number of nitrogens with one attached hydrogen (secondary N) is 1. The highest BCUT2D eigenvalue weighted by molar-refractivity contribution is 7.87. The summed E-state index contributed by atoms with van der Waals surface area (Å²) < 4.78 is 43.3. The summed E-state index contributed by atoms with van der Waals surface area (Å²) >= 11 is 0. The zero-order valence-corrected chi connectivity index (χ0v) is 19.9. The number of amides is 1. The number of hydrogen-bond acceptors (Lipinski definition) is 6. The third kappa shape index (κ3) is 4.73. The van der Waals surface area contributed by atoms with E-state index in [0.717, 1.165) is 6.42 Å². The normalized spacial score (nSPS) is 23.1. The molecule has 10 heteroatoms. The summed E-state index contributed by atoms with van der Waals surface area (Å²) in [5.41, 5.74) is 6.34. The van der Waals surface area contributed by atoms with Gasteiger partial charge in [0.05, 0.1) is 11.3 Å². The van der Waals surface area contributed by atoms with E-state index in [-0.39, 0.29) is 30.2 Å². The van der Waals surface area contributed by atoms with Crippen molar-refractivity contribution in [3.63, 3.8) is 0 Å². The molecule has 0 saturated carbocycles. The molecule has 178 valence electrons. The summed E-state index contributed by atoms with van der Waals surface area (Å²) in [6.07, 6.45) is 1.42. The van der Waals surface area contributed by atoms with Crippen LogP contribution in [0.4, 0.5) is 10.2 Å². The van der Waals surface area contributed by atoms with Gasteiger partial charge in [-0.3, -0.25) is 4.79 Å². The highest BCUT2D eigenvalue weighted by Crippen LogP contribution is 2.38. The first-order valence-electron chi connectivity index (χ1n) is 11.1. The molecular weight excluding hydrogens is 445 g/mol. The molecule has 3 heterocycles. The van der Waals surface area contributed by atoms with Crippen LogP contribution >= 0.6 is 0 Å². The average Bonchev–Trinajstić information content (AvgIpc) is 3.29. The number of nitrogens with two attached hydrogens (primary N) is 1. The minimum absolute atomic E-state index is 0.129. The number of carbonyl (C=O) groups is 1.